The molecule has 0 aliphatic carbocycles. The van der Waals surface area contributed by atoms with Crippen LogP contribution >= 0.6 is 7.44 Å². The van der Waals surface area contributed by atoms with E-state index in [1.54, 1.807) is 0 Å². The van der Waals surface area contributed by atoms with E-state index in [1.165, 1.54) is 4.90 Å². The van der Waals surface area contributed by atoms with Gasteiger partial charge in [-0.05, 0) is 29.8 Å². The third kappa shape index (κ3) is 3.41. The lowest BCUT2D eigenvalue weighted by atomic mass is 10.2. The van der Waals surface area contributed by atoms with Crippen LogP contribution in [0.5, 0.6) is 0 Å². The van der Waals surface area contributed by atoms with Gasteiger partial charge in [0.2, 0.25) is 11.8 Å². The Balaban J connectivity index is 1.54. The van der Waals surface area contributed by atoms with E-state index in [1.807, 2.05) is 100 Å². The van der Waals surface area contributed by atoms with Crippen molar-refractivity contribution in [2.75, 3.05) is 22.4 Å². The van der Waals surface area contributed by atoms with Crippen LogP contribution in [-0.4, -0.2) is 35.5 Å². The van der Waals surface area contributed by atoms with Gasteiger partial charge in [0.25, 0.3) is 7.44 Å². The zero-order valence-corrected chi connectivity index (χ0v) is 18.5. The van der Waals surface area contributed by atoms with Crippen LogP contribution in [0.2, 0.25) is 0 Å². The number of para-hydroxylation sites is 2. The Hall–Kier alpha value is -3.37. The van der Waals surface area contributed by atoms with E-state index >= 15 is 0 Å². The number of amides is 2. The van der Waals surface area contributed by atoms with Gasteiger partial charge >= 0.3 is 0 Å². The first kappa shape index (κ1) is 20.5. The number of hydrogen-bond acceptors (Lipinski definition) is 3. The molecule has 0 aromatic heterocycles. The summed E-state index contributed by atoms with van der Waals surface area (Å²) in [6.45, 7) is 1.24. The molecule has 0 N–H and O–H groups in total. The zero-order valence-electron chi connectivity index (χ0n) is 17.6. The van der Waals surface area contributed by atoms with Crippen molar-refractivity contribution in [3.63, 3.8) is 0 Å². The Morgan fingerprint density at radius 3 is 1.69 bits per heavy atom. The van der Waals surface area contributed by atoms with Crippen LogP contribution in [-0.2, 0) is 20.7 Å². The average Bonchev–Trinajstić information content (AvgIpc) is 3.33. The summed E-state index contributed by atoms with van der Waals surface area (Å²) in [5.74, 6) is -0.627. The molecule has 162 valence electrons. The maximum Gasteiger partial charge on any atom is 0.275 e. The SMILES string of the molecule is O=C1CC(P2(=O)N(c3ccccc3)CCN2c2ccccc2)C(=O)N1Cc1ccccc1. The third-order valence-electron chi connectivity index (χ3n) is 6.13. The van der Waals surface area contributed by atoms with E-state index in [2.05, 4.69) is 0 Å². The molecule has 0 radical (unpaired) electrons. The molecule has 32 heavy (non-hydrogen) atoms. The van der Waals surface area contributed by atoms with Crippen LogP contribution in [0.4, 0.5) is 11.4 Å². The van der Waals surface area contributed by atoms with Crippen LogP contribution in [0.3, 0.4) is 0 Å². The second-order valence-corrected chi connectivity index (χ2v) is 10.8. The fourth-order valence-corrected chi connectivity index (χ4v) is 8.03. The fraction of sp³-hybridized carbons (Fsp3) is 0.200. The molecule has 2 heterocycles. The summed E-state index contributed by atoms with van der Waals surface area (Å²) in [5, 5.41) is 0. The number of likely N-dealkylation sites (tertiary alicyclic amines) is 1. The number of anilines is 2. The molecule has 0 saturated carbocycles. The Bertz CT molecular complexity index is 1120. The lowest BCUT2D eigenvalue weighted by Gasteiger charge is -2.35. The Morgan fingerprint density at radius 2 is 1.19 bits per heavy atom. The summed E-state index contributed by atoms with van der Waals surface area (Å²) in [6.07, 6.45) is -0.0460. The predicted octanol–water partition coefficient (Wildman–Crippen LogP) is 4.53. The van der Waals surface area contributed by atoms with E-state index in [-0.39, 0.29) is 24.8 Å². The molecule has 3 aromatic carbocycles. The van der Waals surface area contributed by atoms with Crippen molar-refractivity contribution < 1.29 is 14.2 Å². The molecule has 0 spiro atoms. The molecule has 0 bridgehead atoms. The average molecular weight is 445 g/mol. The first-order valence-corrected chi connectivity index (χ1v) is 12.4. The maximum atomic E-state index is 14.9. The summed E-state index contributed by atoms with van der Waals surface area (Å²) in [4.78, 5) is 27.7. The number of carbonyl (C=O) groups is 2. The highest BCUT2D eigenvalue weighted by Gasteiger charge is 2.57. The lowest BCUT2D eigenvalue weighted by molar-refractivity contribution is -0.138. The van der Waals surface area contributed by atoms with Gasteiger partial charge < -0.3 is 9.34 Å². The minimum Gasteiger partial charge on any atom is -0.304 e. The van der Waals surface area contributed by atoms with Gasteiger partial charge in [-0.3, -0.25) is 19.1 Å². The first-order valence-electron chi connectivity index (χ1n) is 10.7. The van der Waals surface area contributed by atoms with Crippen molar-refractivity contribution in [3.05, 3.63) is 96.6 Å². The molecular formula is C25H24N3O3P. The van der Waals surface area contributed by atoms with Gasteiger partial charge in [-0.2, -0.15) is 0 Å². The highest BCUT2D eigenvalue weighted by molar-refractivity contribution is 7.69. The van der Waals surface area contributed by atoms with Crippen LogP contribution in [0.25, 0.3) is 0 Å². The van der Waals surface area contributed by atoms with E-state index in [0.717, 1.165) is 16.9 Å². The maximum absolute atomic E-state index is 14.9. The van der Waals surface area contributed by atoms with Gasteiger partial charge in [0.15, 0.2) is 0 Å². The Labute approximate surface area is 187 Å². The topological polar surface area (TPSA) is 60.9 Å². The van der Waals surface area contributed by atoms with Gasteiger partial charge in [-0.1, -0.05) is 66.7 Å². The number of imide groups is 1. The fourth-order valence-electron chi connectivity index (χ4n) is 4.59. The standard InChI is InChI=1S/C25H24N3O3P/c29-24-18-23(25(30)26(24)19-20-10-4-1-5-11-20)32(31)27(21-12-6-2-7-13-21)16-17-28(32)22-14-8-3-9-15-22/h1-15,23H,16-19H2. The Morgan fingerprint density at radius 1 is 0.719 bits per heavy atom. The summed E-state index contributed by atoms with van der Waals surface area (Å²) < 4.78 is 18.6. The number of carbonyl (C=O) groups excluding carboxylic acids is 2. The second kappa shape index (κ2) is 8.29. The van der Waals surface area contributed by atoms with Crippen LogP contribution in [0, 0.1) is 0 Å². The number of benzene rings is 3. The quantitative estimate of drug-likeness (QED) is 0.427. The van der Waals surface area contributed by atoms with Crippen molar-refractivity contribution in [2.45, 2.75) is 18.6 Å². The van der Waals surface area contributed by atoms with Crippen molar-refractivity contribution in [3.8, 4) is 0 Å². The molecular weight excluding hydrogens is 421 g/mol. The highest BCUT2D eigenvalue weighted by atomic mass is 31.2. The predicted molar refractivity (Wildman–Crippen MR) is 126 cm³/mol. The van der Waals surface area contributed by atoms with Crippen molar-refractivity contribution >= 4 is 30.6 Å². The zero-order chi connectivity index (χ0) is 22.1. The van der Waals surface area contributed by atoms with E-state index < -0.39 is 13.1 Å². The van der Waals surface area contributed by atoms with E-state index in [0.29, 0.717) is 13.1 Å². The van der Waals surface area contributed by atoms with Crippen molar-refractivity contribution in [1.29, 1.82) is 0 Å². The van der Waals surface area contributed by atoms with Crippen LogP contribution in [0.15, 0.2) is 91.0 Å². The first-order chi connectivity index (χ1) is 15.6. The molecule has 2 aliphatic heterocycles. The molecule has 3 aromatic rings. The molecule has 1 unspecified atom stereocenters. The molecule has 7 heteroatoms. The molecule has 6 nitrogen and oxygen atoms in total. The number of hydrogen-bond donors (Lipinski definition) is 0. The van der Waals surface area contributed by atoms with Crippen molar-refractivity contribution in [2.24, 2.45) is 0 Å². The van der Waals surface area contributed by atoms with E-state index in [9.17, 15) is 14.2 Å². The van der Waals surface area contributed by atoms with Gasteiger partial charge in [0.1, 0.15) is 5.66 Å². The van der Waals surface area contributed by atoms with Gasteiger partial charge in [-0.15, -0.1) is 0 Å². The minimum atomic E-state index is -3.46. The molecule has 2 fully saturated rings. The molecule has 2 aliphatic rings. The lowest BCUT2D eigenvalue weighted by Crippen LogP contribution is -2.35. The number of nitrogens with zero attached hydrogens (tertiary/aromatic N) is 3. The largest absolute Gasteiger partial charge is 0.304 e. The van der Waals surface area contributed by atoms with Gasteiger partial charge in [0.05, 0.1) is 6.54 Å². The normalized spacial score (nSPS) is 20.2. The monoisotopic (exact) mass is 445 g/mol. The molecule has 2 saturated heterocycles. The smallest absolute Gasteiger partial charge is 0.275 e. The Kier molecular flexibility index (Phi) is 5.32. The van der Waals surface area contributed by atoms with Gasteiger partial charge in [0, 0.05) is 30.9 Å². The summed E-state index contributed by atoms with van der Waals surface area (Å²) in [6, 6.07) is 28.5. The summed E-state index contributed by atoms with van der Waals surface area (Å²) in [7, 11) is -3.46. The second-order valence-electron chi connectivity index (χ2n) is 8.03. The molecule has 2 amide bonds. The molecule has 5 rings (SSSR count). The third-order valence-corrected chi connectivity index (χ3v) is 9.59. The van der Waals surface area contributed by atoms with Crippen LogP contribution in [0.1, 0.15) is 12.0 Å². The summed E-state index contributed by atoms with van der Waals surface area (Å²) in [5.41, 5.74) is 1.58. The van der Waals surface area contributed by atoms with E-state index in [4.69, 9.17) is 0 Å². The number of rotatable bonds is 5. The van der Waals surface area contributed by atoms with Crippen LogP contribution < -0.4 is 9.34 Å². The van der Waals surface area contributed by atoms with Gasteiger partial charge in [-0.25, -0.2) is 0 Å². The molecule has 1 atom stereocenters. The van der Waals surface area contributed by atoms with Crippen molar-refractivity contribution in [1.82, 2.24) is 4.90 Å². The minimum absolute atomic E-state index is 0.0460. The highest BCUT2D eigenvalue weighted by Crippen LogP contribution is 2.65. The summed E-state index contributed by atoms with van der Waals surface area (Å²) >= 11 is 0.